The fourth-order valence-corrected chi connectivity index (χ4v) is 160. The topological polar surface area (TPSA) is 23.5 Å². The average molecular weight is 1010 g/mol. The molecule has 0 aliphatic rings. The third-order valence-corrected chi connectivity index (χ3v) is 116. The van der Waals surface area contributed by atoms with Gasteiger partial charge in [0.2, 0.25) is 0 Å². The minimum absolute atomic E-state index is 0.0759. The summed E-state index contributed by atoms with van der Waals surface area (Å²) < 4.78 is 0. The van der Waals surface area contributed by atoms with Crippen LogP contribution in [0.2, 0.25) is 144 Å². The molecular formula is C47H102NOP3Si8. The van der Waals surface area contributed by atoms with Crippen LogP contribution in [-0.4, -0.2) is 99.0 Å². The first-order chi connectivity index (χ1) is 26.9. The summed E-state index contributed by atoms with van der Waals surface area (Å²) in [5.41, 5.74) is 0. The van der Waals surface area contributed by atoms with E-state index in [1.807, 2.05) is 0 Å². The highest BCUT2D eigenvalue weighted by atomic mass is 31.8. The Kier molecular flexibility index (Phi) is 30.9. The molecule has 0 radical (unpaired) electrons. The molecule has 1 unspecified atom stereocenters. The molecule has 0 aliphatic heterocycles. The molecule has 0 fully saturated rings. The summed E-state index contributed by atoms with van der Waals surface area (Å²) in [6.45, 7) is 66.4. The van der Waals surface area contributed by atoms with Gasteiger partial charge in [0, 0.05) is 7.11 Å². The van der Waals surface area contributed by atoms with Crippen LogP contribution in [0, 0.1) is 0 Å². The van der Waals surface area contributed by atoms with Crippen LogP contribution in [0.3, 0.4) is 0 Å². The lowest BCUT2D eigenvalue weighted by Gasteiger charge is -2.50. The van der Waals surface area contributed by atoms with Crippen molar-refractivity contribution in [1.29, 1.82) is 0 Å². The SMILES string of the molecule is CCN(CC)CC.CO.C[Si](C)(C)P.C[Si](C)(C)P([Si](C)(C)C)[Si](C)(C)C.C[Si](C)(C)P([Si](C)(C)c1ccccc1)[Si](C)(C)c1ccccc1.C[Si](C)(C)c1ccccc1. The van der Waals surface area contributed by atoms with Gasteiger partial charge in [-0.05, 0) is 19.6 Å². The van der Waals surface area contributed by atoms with E-state index in [0.717, 1.165) is 7.11 Å². The second-order valence-corrected chi connectivity index (χ2v) is 103. The molecule has 60 heavy (non-hydrogen) atoms. The van der Waals surface area contributed by atoms with Crippen LogP contribution >= 0.6 is 21.9 Å². The van der Waals surface area contributed by atoms with Crippen molar-refractivity contribution in [2.45, 2.75) is 165 Å². The Hall–Kier alpha value is 0.605. The molecule has 2 nitrogen and oxygen atoms in total. The van der Waals surface area contributed by atoms with Crippen molar-refractivity contribution in [3.63, 3.8) is 0 Å². The number of aliphatic hydroxyl groups is 1. The zero-order valence-electron chi connectivity index (χ0n) is 44.6. The Morgan fingerprint density at radius 1 is 0.383 bits per heavy atom. The second kappa shape index (κ2) is 28.6. The van der Waals surface area contributed by atoms with Crippen LogP contribution in [0.15, 0.2) is 91.0 Å². The molecule has 0 saturated heterocycles. The standard InChI is InChI=1S/C19H31PSi3.C9H27PSi3.C9H14Si.C6H15N.C3H11PSi.CH4O/c1-21(2,3)20(22(4,5)18-14-10-8-11-15-18)23(6,7)19-16-12-9-13-17-19;1-11(2,3)10(12(4,5)6)13(7,8)9;1-10(2,3)9-7-5-4-6-8-9;1-4-7(5-2)6-3;1-5(2,3)4;1-2/h8-17H,1-7H3;1-9H3;4-8H,1-3H3;4-6H2,1-3H3;4H2,1-3H3;2H,1H3. The Morgan fingerprint density at radius 2 is 0.583 bits per heavy atom. The van der Waals surface area contributed by atoms with Crippen LogP contribution in [0.25, 0.3) is 0 Å². The van der Waals surface area contributed by atoms with E-state index in [2.05, 4.69) is 269 Å². The molecule has 1 atom stereocenters. The van der Waals surface area contributed by atoms with Crippen LogP contribution in [-0.2, 0) is 0 Å². The van der Waals surface area contributed by atoms with Gasteiger partial charge >= 0.3 is 0 Å². The van der Waals surface area contributed by atoms with E-state index in [1.54, 1.807) is 10.4 Å². The van der Waals surface area contributed by atoms with Gasteiger partial charge in [0.05, 0.1) is 62.3 Å². The molecule has 0 aliphatic carbocycles. The maximum atomic E-state index is 7.00. The lowest BCUT2D eigenvalue weighted by molar-refractivity contribution is 0.321. The predicted octanol–water partition coefficient (Wildman–Crippen LogP) is 15.4. The minimum Gasteiger partial charge on any atom is -0.400 e. The zero-order valence-corrected chi connectivity index (χ0v) is 55.6. The first-order valence-electron chi connectivity index (χ1n) is 22.6. The number of benzene rings is 3. The highest BCUT2D eigenvalue weighted by Crippen LogP contribution is 2.62. The third-order valence-electron chi connectivity index (χ3n) is 9.74. The Labute approximate surface area is 389 Å². The normalized spacial score (nSPS) is 12.7. The molecule has 0 saturated carbocycles. The van der Waals surface area contributed by atoms with Gasteiger partial charge < -0.3 is 10.0 Å². The monoisotopic (exact) mass is 1010 g/mol. The minimum atomic E-state index is -1.47. The van der Waals surface area contributed by atoms with Crippen molar-refractivity contribution >= 4 is 99.7 Å². The van der Waals surface area contributed by atoms with Gasteiger partial charge in [0.15, 0.2) is 0 Å². The van der Waals surface area contributed by atoms with Crippen LogP contribution < -0.4 is 15.6 Å². The molecule has 348 valence electrons. The van der Waals surface area contributed by atoms with Crippen molar-refractivity contribution in [3.8, 4) is 0 Å². The Morgan fingerprint density at radius 3 is 0.700 bits per heavy atom. The average Bonchev–Trinajstić information content (AvgIpc) is 3.08. The van der Waals surface area contributed by atoms with Gasteiger partial charge in [-0.1, -0.05) is 271 Å². The molecule has 0 bridgehead atoms. The van der Waals surface area contributed by atoms with Gasteiger partial charge in [0.1, 0.15) is 0 Å². The lowest BCUT2D eigenvalue weighted by atomic mass is 10.4. The molecule has 0 spiro atoms. The first-order valence-corrected chi connectivity index (χ1v) is 59.2. The third kappa shape index (κ3) is 27.2. The number of nitrogens with zero attached hydrogens (tertiary/aromatic N) is 1. The smallest absolute Gasteiger partial charge is 0.0995 e. The first kappa shape index (κ1) is 64.9. The van der Waals surface area contributed by atoms with Crippen molar-refractivity contribution in [3.05, 3.63) is 91.0 Å². The second-order valence-electron chi connectivity index (χ2n) is 22.8. The quantitative estimate of drug-likeness (QED) is 0.144. The van der Waals surface area contributed by atoms with Crippen LogP contribution in [0.4, 0.5) is 0 Å². The highest BCUT2D eigenvalue weighted by Gasteiger charge is 2.50. The summed E-state index contributed by atoms with van der Waals surface area (Å²) in [5.74, 6) is 0. The van der Waals surface area contributed by atoms with E-state index in [4.69, 9.17) is 5.11 Å². The van der Waals surface area contributed by atoms with Gasteiger partial charge in [-0.2, -0.15) is 0 Å². The van der Waals surface area contributed by atoms with E-state index in [9.17, 15) is 0 Å². The van der Waals surface area contributed by atoms with E-state index in [1.165, 1.54) is 24.8 Å². The lowest BCUT2D eigenvalue weighted by Crippen LogP contribution is -2.57. The summed E-state index contributed by atoms with van der Waals surface area (Å²) in [6.07, 6.45) is 0. The molecule has 0 amide bonds. The maximum Gasteiger partial charge on any atom is 0.0995 e. The number of rotatable bonds is 12. The molecule has 13 heteroatoms. The Balaban J connectivity index is -0.000000745. The van der Waals surface area contributed by atoms with Crippen LogP contribution in [0.1, 0.15) is 20.8 Å². The van der Waals surface area contributed by atoms with Crippen molar-refractivity contribution in [2.24, 2.45) is 0 Å². The fraction of sp³-hybridized carbons (Fsp3) is 0.617. The van der Waals surface area contributed by atoms with E-state index in [-0.39, 0.29) is 6.57 Å². The van der Waals surface area contributed by atoms with E-state index < -0.39 is 62.3 Å². The van der Waals surface area contributed by atoms with Gasteiger partial charge in [-0.3, -0.25) is 0 Å². The molecule has 0 aromatic heterocycles. The highest BCUT2D eigenvalue weighted by molar-refractivity contribution is 8.39. The van der Waals surface area contributed by atoms with Gasteiger partial charge in [-0.15, -0.1) is 21.9 Å². The summed E-state index contributed by atoms with van der Waals surface area (Å²) in [7, 11) is -4.66. The van der Waals surface area contributed by atoms with E-state index >= 15 is 0 Å². The molecule has 3 aromatic carbocycles. The molecule has 0 heterocycles. The fourth-order valence-electron chi connectivity index (χ4n) is 8.95. The molecular weight excluding hydrogens is 912 g/mol. The van der Waals surface area contributed by atoms with Crippen LogP contribution in [0.5, 0.6) is 0 Å². The van der Waals surface area contributed by atoms with Crippen molar-refractivity contribution in [2.75, 3.05) is 26.7 Å². The number of aliphatic hydroxyl groups excluding tert-OH is 1. The Bertz CT molecular complexity index is 1410. The van der Waals surface area contributed by atoms with Gasteiger partial charge in [-0.25, -0.2) is 0 Å². The summed E-state index contributed by atoms with van der Waals surface area (Å²) in [6, 6.07) is 33.6. The maximum absolute atomic E-state index is 7.00. The van der Waals surface area contributed by atoms with Gasteiger partial charge in [0.25, 0.3) is 0 Å². The molecule has 3 rings (SSSR count). The van der Waals surface area contributed by atoms with E-state index in [0.29, 0.717) is 6.57 Å². The largest absolute Gasteiger partial charge is 0.400 e. The summed E-state index contributed by atoms with van der Waals surface area (Å²) in [5, 5.41) is 11.9. The molecule has 1 N–H and O–H groups in total. The zero-order chi connectivity index (χ0) is 48.2. The summed E-state index contributed by atoms with van der Waals surface area (Å²) >= 11 is 0. The van der Waals surface area contributed by atoms with Crippen molar-refractivity contribution in [1.82, 2.24) is 4.90 Å². The summed E-state index contributed by atoms with van der Waals surface area (Å²) in [4.78, 5) is 2.38. The number of hydrogen-bond donors (Lipinski definition) is 1. The number of hydrogen-bond acceptors (Lipinski definition) is 2. The molecule has 3 aromatic rings. The van der Waals surface area contributed by atoms with Crippen molar-refractivity contribution < 1.29 is 5.11 Å². The predicted molar refractivity (Wildman–Crippen MR) is 318 cm³/mol.